The Bertz CT molecular complexity index is 377. The van der Waals surface area contributed by atoms with Gasteiger partial charge in [0.1, 0.15) is 0 Å². The van der Waals surface area contributed by atoms with E-state index in [2.05, 4.69) is 45.0 Å². The van der Waals surface area contributed by atoms with Gasteiger partial charge in [0, 0.05) is 0 Å². The molecule has 0 aliphatic heterocycles. The fourth-order valence-corrected chi connectivity index (χ4v) is 1.89. The van der Waals surface area contributed by atoms with E-state index in [9.17, 15) is 4.79 Å². The standard InChI is InChI=1S/C16H24O2/c1-11(2)15(16(17)18-12(3)4)10-14-8-6-13(5)7-9-14/h6-9,11-12,15H,10H2,1-5H3/t15-/m1/s1. The van der Waals surface area contributed by atoms with Crippen LogP contribution in [0.3, 0.4) is 0 Å². The molecule has 0 aliphatic carbocycles. The number of esters is 1. The van der Waals surface area contributed by atoms with E-state index in [-0.39, 0.29) is 23.9 Å². The SMILES string of the molecule is Cc1ccc(C[C@@H](C(=O)OC(C)C)C(C)C)cc1. The van der Waals surface area contributed by atoms with Crippen molar-refractivity contribution < 1.29 is 9.53 Å². The van der Waals surface area contributed by atoms with Crippen molar-refractivity contribution in [2.24, 2.45) is 11.8 Å². The smallest absolute Gasteiger partial charge is 0.309 e. The minimum atomic E-state index is -0.0828. The van der Waals surface area contributed by atoms with Gasteiger partial charge in [-0.25, -0.2) is 0 Å². The Morgan fingerprint density at radius 3 is 2.11 bits per heavy atom. The molecule has 0 spiro atoms. The highest BCUT2D eigenvalue weighted by atomic mass is 16.5. The molecule has 0 amide bonds. The predicted octanol–water partition coefficient (Wildman–Crippen LogP) is 3.76. The summed E-state index contributed by atoms with van der Waals surface area (Å²) in [5, 5.41) is 0. The number of carbonyl (C=O) groups is 1. The first kappa shape index (κ1) is 14.7. The molecule has 0 saturated carbocycles. The molecule has 1 rings (SSSR count). The third-order valence-electron chi connectivity index (χ3n) is 3.04. The van der Waals surface area contributed by atoms with E-state index in [0.717, 1.165) is 6.42 Å². The lowest BCUT2D eigenvalue weighted by molar-refractivity contribution is -0.153. The van der Waals surface area contributed by atoms with Crippen LogP contribution in [-0.2, 0) is 16.0 Å². The van der Waals surface area contributed by atoms with Crippen LogP contribution in [0.4, 0.5) is 0 Å². The number of benzene rings is 1. The fourth-order valence-electron chi connectivity index (χ4n) is 1.89. The third-order valence-corrected chi connectivity index (χ3v) is 3.04. The van der Waals surface area contributed by atoms with E-state index in [1.54, 1.807) is 0 Å². The largest absolute Gasteiger partial charge is 0.463 e. The summed E-state index contributed by atoms with van der Waals surface area (Å²) < 4.78 is 5.33. The van der Waals surface area contributed by atoms with Gasteiger partial charge in [0.15, 0.2) is 0 Å². The molecule has 1 aromatic carbocycles. The van der Waals surface area contributed by atoms with Gasteiger partial charge in [0.25, 0.3) is 0 Å². The molecular formula is C16H24O2. The zero-order valence-electron chi connectivity index (χ0n) is 12.1. The van der Waals surface area contributed by atoms with Gasteiger partial charge in [0.2, 0.25) is 0 Å². The van der Waals surface area contributed by atoms with Crippen LogP contribution < -0.4 is 0 Å². The average molecular weight is 248 g/mol. The summed E-state index contributed by atoms with van der Waals surface area (Å²) in [4.78, 5) is 12.0. The van der Waals surface area contributed by atoms with Crippen LogP contribution in [0.1, 0.15) is 38.8 Å². The lowest BCUT2D eigenvalue weighted by Gasteiger charge is -2.21. The zero-order valence-corrected chi connectivity index (χ0v) is 12.1. The highest BCUT2D eigenvalue weighted by Crippen LogP contribution is 2.20. The quantitative estimate of drug-likeness (QED) is 0.742. The van der Waals surface area contributed by atoms with E-state index >= 15 is 0 Å². The number of hydrogen-bond donors (Lipinski definition) is 0. The van der Waals surface area contributed by atoms with Gasteiger partial charge in [-0.05, 0) is 38.7 Å². The normalized spacial score (nSPS) is 12.8. The number of aryl methyl sites for hydroxylation is 1. The van der Waals surface area contributed by atoms with Crippen molar-refractivity contribution in [3.8, 4) is 0 Å². The van der Waals surface area contributed by atoms with E-state index in [1.807, 2.05) is 13.8 Å². The lowest BCUT2D eigenvalue weighted by atomic mass is 9.89. The van der Waals surface area contributed by atoms with Gasteiger partial charge in [0.05, 0.1) is 12.0 Å². The van der Waals surface area contributed by atoms with Gasteiger partial charge in [-0.15, -0.1) is 0 Å². The summed E-state index contributed by atoms with van der Waals surface area (Å²) in [7, 11) is 0. The number of ether oxygens (including phenoxy) is 1. The van der Waals surface area contributed by atoms with Gasteiger partial charge in [-0.3, -0.25) is 4.79 Å². The first-order valence-electron chi connectivity index (χ1n) is 6.66. The van der Waals surface area contributed by atoms with Crippen LogP contribution in [0.15, 0.2) is 24.3 Å². The molecule has 0 aliphatic rings. The number of hydrogen-bond acceptors (Lipinski definition) is 2. The molecule has 1 atom stereocenters. The molecule has 0 N–H and O–H groups in total. The molecule has 100 valence electrons. The van der Waals surface area contributed by atoms with Gasteiger partial charge < -0.3 is 4.74 Å². The van der Waals surface area contributed by atoms with Crippen LogP contribution in [0.2, 0.25) is 0 Å². The molecule has 2 nitrogen and oxygen atoms in total. The maximum Gasteiger partial charge on any atom is 0.309 e. The molecule has 0 bridgehead atoms. The van der Waals surface area contributed by atoms with E-state index in [1.165, 1.54) is 11.1 Å². The van der Waals surface area contributed by atoms with Gasteiger partial charge in [-0.1, -0.05) is 43.7 Å². The zero-order chi connectivity index (χ0) is 13.7. The van der Waals surface area contributed by atoms with Crippen molar-refractivity contribution in [2.75, 3.05) is 0 Å². The molecule has 0 saturated heterocycles. The Kier molecular flexibility index (Phi) is 5.39. The summed E-state index contributed by atoms with van der Waals surface area (Å²) in [6.07, 6.45) is 0.709. The second-order valence-electron chi connectivity index (χ2n) is 5.53. The highest BCUT2D eigenvalue weighted by Gasteiger charge is 2.24. The van der Waals surface area contributed by atoms with Crippen molar-refractivity contribution in [1.29, 1.82) is 0 Å². The average Bonchev–Trinajstić information content (AvgIpc) is 2.26. The Labute approximate surface area is 110 Å². The molecule has 0 fully saturated rings. The Hall–Kier alpha value is -1.31. The molecule has 0 unspecified atom stereocenters. The third kappa shape index (κ3) is 4.52. The molecular weight excluding hydrogens is 224 g/mol. The minimum Gasteiger partial charge on any atom is -0.463 e. The first-order chi connectivity index (χ1) is 8.40. The van der Waals surface area contributed by atoms with Crippen LogP contribution in [0.25, 0.3) is 0 Å². The van der Waals surface area contributed by atoms with Crippen LogP contribution in [0, 0.1) is 18.8 Å². The molecule has 18 heavy (non-hydrogen) atoms. The van der Waals surface area contributed by atoms with Gasteiger partial charge in [-0.2, -0.15) is 0 Å². The molecule has 2 heteroatoms. The monoisotopic (exact) mass is 248 g/mol. The predicted molar refractivity (Wildman–Crippen MR) is 74.4 cm³/mol. The van der Waals surface area contributed by atoms with Crippen molar-refractivity contribution in [3.05, 3.63) is 35.4 Å². The molecule has 0 radical (unpaired) electrons. The summed E-state index contributed by atoms with van der Waals surface area (Å²) in [6.45, 7) is 9.99. The number of carbonyl (C=O) groups excluding carboxylic acids is 1. The highest BCUT2D eigenvalue weighted by molar-refractivity contribution is 5.73. The van der Waals surface area contributed by atoms with Crippen LogP contribution >= 0.6 is 0 Å². The number of rotatable bonds is 5. The van der Waals surface area contributed by atoms with Crippen LogP contribution in [0.5, 0.6) is 0 Å². The lowest BCUT2D eigenvalue weighted by Crippen LogP contribution is -2.27. The molecule has 0 aromatic heterocycles. The van der Waals surface area contributed by atoms with Crippen LogP contribution in [-0.4, -0.2) is 12.1 Å². The van der Waals surface area contributed by atoms with Crippen molar-refractivity contribution in [3.63, 3.8) is 0 Å². The maximum absolute atomic E-state index is 12.0. The van der Waals surface area contributed by atoms with E-state index in [0.29, 0.717) is 0 Å². The van der Waals surface area contributed by atoms with Crippen molar-refractivity contribution >= 4 is 5.97 Å². The molecule has 1 aromatic rings. The topological polar surface area (TPSA) is 26.3 Å². The summed E-state index contributed by atoms with van der Waals surface area (Å²) in [6, 6.07) is 8.35. The Balaban J connectivity index is 2.74. The first-order valence-corrected chi connectivity index (χ1v) is 6.66. The minimum absolute atomic E-state index is 0.0447. The Morgan fingerprint density at radius 2 is 1.67 bits per heavy atom. The van der Waals surface area contributed by atoms with E-state index < -0.39 is 0 Å². The van der Waals surface area contributed by atoms with Crippen molar-refractivity contribution in [1.82, 2.24) is 0 Å². The van der Waals surface area contributed by atoms with E-state index in [4.69, 9.17) is 4.74 Å². The second kappa shape index (κ2) is 6.58. The summed E-state index contributed by atoms with van der Waals surface area (Å²) in [5.41, 5.74) is 2.43. The molecule has 0 heterocycles. The van der Waals surface area contributed by atoms with Crippen molar-refractivity contribution in [2.45, 2.75) is 47.1 Å². The maximum atomic E-state index is 12.0. The second-order valence-corrected chi connectivity index (χ2v) is 5.53. The fraction of sp³-hybridized carbons (Fsp3) is 0.562. The Morgan fingerprint density at radius 1 is 1.11 bits per heavy atom. The summed E-state index contributed by atoms with van der Waals surface area (Å²) >= 11 is 0. The van der Waals surface area contributed by atoms with Gasteiger partial charge >= 0.3 is 5.97 Å². The summed E-state index contributed by atoms with van der Waals surface area (Å²) in [5.74, 6) is 0.147.